The van der Waals surface area contributed by atoms with Crippen LogP contribution in [-0.4, -0.2) is 19.9 Å². The summed E-state index contributed by atoms with van der Waals surface area (Å²) in [5, 5.41) is 0. The molecule has 0 saturated heterocycles. The number of hydrogen-bond donors (Lipinski definition) is 0. The fourth-order valence-electron chi connectivity index (χ4n) is 3.22. The standard InChI is InChI=1S/C21H15F3O5S/c1-4-28-19(25)15-8-6-5-7-14(15)13-9-10-17-16(11-13)18(12-20(17,2)3)29-30(26,27)21(22,23)24/h1,5-12H,2-3H3. The van der Waals surface area contributed by atoms with Crippen LogP contribution in [0.25, 0.3) is 16.9 Å². The van der Waals surface area contributed by atoms with Crippen LogP contribution in [0.3, 0.4) is 0 Å². The zero-order valence-corrected chi connectivity index (χ0v) is 16.6. The molecule has 2 aromatic rings. The number of rotatable bonds is 4. The molecule has 3 rings (SSSR count). The zero-order chi connectivity index (χ0) is 22.3. The van der Waals surface area contributed by atoms with Crippen LogP contribution in [0.5, 0.6) is 0 Å². The van der Waals surface area contributed by atoms with Crippen LogP contribution in [0.4, 0.5) is 13.2 Å². The largest absolute Gasteiger partial charge is 0.534 e. The highest BCUT2D eigenvalue weighted by molar-refractivity contribution is 7.87. The molecule has 0 fully saturated rings. The van der Waals surface area contributed by atoms with E-state index in [0.717, 1.165) is 0 Å². The number of alkyl halides is 3. The second-order valence-electron chi connectivity index (χ2n) is 7.03. The van der Waals surface area contributed by atoms with E-state index in [2.05, 4.69) is 8.92 Å². The second-order valence-corrected chi connectivity index (χ2v) is 8.56. The average molecular weight is 436 g/mol. The third-order valence-corrected chi connectivity index (χ3v) is 5.53. The smallest absolute Gasteiger partial charge is 0.376 e. The van der Waals surface area contributed by atoms with Crippen molar-refractivity contribution < 1.29 is 35.3 Å². The molecule has 0 bridgehead atoms. The van der Waals surface area contributed by atoms with Gasteiger partial charge in [0.25, 0.3) is 0 Å². The van der Waals surface area contributed by atoms with Gasteiger partial charge in [-0.15, -0.1) is 0 Å². The Morgan fingerprint density at radius 1 is 1.10 bits per heavy atom. The van der Waals surface area contributed by atoms with E-state index in [0.29, 0.717) is 16.7 Å². The van der Waals surface area contributed by atoms with Gasteiger partial charge < -0.3 is 8.92 Å². The summed E-state index contributed by atoms with van der Waals surface area (Å²) in [4.78, 5) is 12.1. The quantitative estimate of drug-likeness (QED) is 0.303. The number of benzene rings is 2. The summed E-state index contributed by atoms with van der Waals surface area (Å²) in [6, 6.07) is 11.1. The molecule has 1 aliphatic carbocycles. The van der Waals surface area contributed by atoms with E-state index in [1.807, 2.05) is 0 Å². The first-order chi connectivity index (χ1) is 13.9. The van der Waals surface area contributed by atoms with Crippen LogP contribution in [0, 0.1) is 12.5 Å². The van der Waals surface area contributed by atoms with Crippen molar-refractivity contribution in [3.8, 4) is 23.7 Å². The van der Waals surface area contributed by atoms with Crippen molar-refractivity contribution in [3.63, 3.8) is 0 Å². The first kappa shape index (κ1) is 21.5. The summed E-state index contributed by atoms with van der Waals surface area (Å²) < 4.78 is 70.5. The van der Waals surface area contributed by atoms with Gasteiger partial charge in [0.2, 0.25) is 0 Å². The number of ether oxygens (including phenoxy) is 1. The molecular formula is C21H15F3O5S. The minimum absolute atomic E-state index is 0.141. The van der Waals surface area contributed by atoms with Gasteiger partial charge in [-0.25, -0.2) is 4.79 Å². The Morgan fingerprint density at radius 2 is 1.77 bits per heavy atom. The summed E-state index contributed by atoms with van der Waals surface area (Å²) >= 11 is 0. The molecule has 0 aromatic heterocycles. The lowest BCUT2D eigenvalue weighted by atomic mass is 9.86. The van der Waals surface area contributed by atoms with E-state index in [4.69, 9.17) is 6.42 Å². The van der Waals surface area contributed by atoms with Gasteiger partial charge in [0.15, 0.2) is 0 Å². The molecule has 0 atom stereocenters. The van der Waals surface area contributed by atoms with Crippen molar-refractivity contribution in [2.24, 2.45) is 0 Å². The average Bonchev–Trinajstić information content (AvgIpc) is 2.90. The van der Waals surface area contributed by atoms with E-state index in [1.165, 1.54) is 18.2 Å². The van der Waals surface area contributed by atoms with Crippen molar-refractivity contribution >= 4 is 21.8 Å². The maximum absolute atomic E-state index is 12.8. The number of halogens is 3. The van der Waals surface area contributed by atoms with Gasteiger partial charge in [0.1, 0.15) is 11.9 Å². The lowest BCUT2D eigenvalue weighted by Crippen LogP contribution is -2.24. The monoisotopic (exact) mass is 436 g/mol. The van der Waals surface area contributed by atoms with Gasteiger partial charge >= 0.3 is 21.6 Å². The third kappa shape index (κ3) is 3.78. The number of hydrogen-bond acceptors (Lipinski definition) is 5. The van der Waals surface area contributed by atoms with Crippen LogP contribution in [0.15, 0.2) is 48.5 Å². The molecule has 30 heavy (non-hydrogen) atoms. The van der Waals surface area contributed by atoms with Crippen LogP contribution < -0.4 is 0 Å². The number of esters is 1. The minimum Gasteiger partial charge on any atom is -0.376 e. The van der Waals surface area contributed by atoms with Gasteiger partial charge in [0, 0.05) is 11.0 Å². The van der Waals surface area contributed by atoms with Crippen molar-refractivity contribution in [3.05, 3.63) is 65.2 Å². The van der Waals surface area contributed by atoms with E-state index < -0.39 is 32.8 Å². The highest BCUT2D eigenvalue weighted by atomic mass is 32.2. The highest BCUT2D eigenvalue weighted by Gasteiger charge is 2.50. The normalized spacial score (nSPS) is 15.0. The lowest BCUT2D eigenvalue weighted by molar-refractivity contribution is -0.0509. The van der Waals surface area contributed by atoms with E-state index in [9.17, 15) is 26.4 Å². The molecule has 0 heterocycles. The maximum Gasteiger partial charge on any atom is 0.534 e. The summed E-state index contributed by atoms with van der Waals surface area (Å²) in [5.74, 6) is -1.21. The van der Waals surface area contributed by atoms with E-state index >= 15 is 0 Å². The Morgan fingerprint density at radius 3 is 2.40 bits per heavy atom. The van der Waals surface area contributed by atoms with Gasteiger partial charge in [-0.3, -0.25) is 0 Å². The predicted molar refractivity (Wildman–Crippen MR) is 103 cm³/mol. The van der Waals surface area contributed by atoms with Crippen molar-refractivity contribution in [1.82, 2.24) is 0 Å². The van der Waals surface area contributed by atoms with Gasteiger partial charge in [0.05, 0.1) is 5.56 Å². The Bertz CT molecular complexity index is 1200. The number of carbonyl (C=O) groups is 1. The fourth-order valence-corrected chi connectivity index (χ4v) is 3.69. The number of fused-ring (bicyclic) bond motifs is 1. The van der Waals surface area contributed by atoms with Crippen LogP contribution in [0.2, 0.25) is 0 Å². The Kier molecular flexibility index (Phi) is 5.16. The molecule has 1 aliphatic rings. The molecule has 0 amide bonds. The molecular weight excluding hydrogens is 421 g/mol. The van der Waals surface area contributed by atoms with Gasteiger partial charge in [-0.2, -0.15) is 21.6 Å². The van der Waals surface area contributed by atoms with Gasteiger partial charge in [-0.1, -0.05) is 50.6 Å². The molecule has 5 nitrogen and oxygen atoms in total. The molecule has 2 aromatic carbocycles. The number of allylic oxidation sites excluding steroid dienone is 1. The Hall–Kier alpha value is -3.25. The molecule has 0 unspecified atom stereocenters. The SMILES string of the molecule is C#COC(=O)c1ccccc1-c1ccc2c(c1)C(OS(=O)(=O)C(F)(F)F)=CC2(C)C. The molecule has 0 N–H and O–H groups in total. The predicted octanol–water partition coefficient (Wildman–Crippen LogP) is 4.60. The molecule has 0 radical (unpaired) electrons. The van der Waals surface area contributed by atoms with Crippen LogP contribution in [0.1, 0.15) is 35.3 Å². The summed E-state index contributed by atoms with van der Waals surface area (Å²) in [5.41, 5.74) is -4.61. The third-order valence-electron chi connectivity index (χ3n) is 4.56. The number of carbonyl (C=O) groups excluding carboxylic acids is 1. The highest BCUT2D eigenvalue weighted by Crippen LogP contribution is 2.44. The molecule has 0 saturated carbocycles. The summed E-state index contributed by atoms with van der Waals surface area (Å²) in [7, 11) is -5.85. The minimum atomic E-state index is -5.85. The molecule has 0 aliphatic heterocycles. The summed E-state index contributed by atoms with van der Waals surface area (Å²) in [6.07, 6.45) is 8.11. The maximum atomic E-state index is 12.8. The summed E-state index contributed by atoms with van der Waals surface area (Å²) in [6.45, 7) is 3.42. The van der Waals surface area contributed by atoms with Crippen molar-refractivity contribution in [2.75, 3.05) is 0 Å². The Balaban J connectivity index is 2.12. The van der Waals surface area contributed by atoms with Crippen molar-refractivity contribution in [1.29, 1.82) is 0 Å². The van der Waals surface area contributed by atoms with E-state index in [-0.39, 0.29) is 11.1 Å². The molecule has 156 valence electrons. The molecule has 9 heteroatoms. The zero-order valence-electron chi connectivity index (χ0n) is 15.8. The first-order valence-electron chi connectivity index (χ1n) is 8.52. The lowest BCUT2D eigenvalue weighted by Gasteiger charge is -2.18. The van der Waals surface area contributed by atoms with Crippen molar-refractivity contribution in [2.45, 2.75) is 24.8 Å². The van der Waals surface area contributed by atoms with Crippen LogP contribution in [-0.2, 0) is 24.5 Å². The fraction of sp³-hybridized carbons (Fsp3) is 0.190. The van der Waals surface area contributed by atoms with Crippen LogP contribution >= 0.6 is 0 Å². The molecule has 0 spiro atoms. The van der Waals surface area contributed by atoms with Gasteiger partial charge in [-0.05, 0) is 34.9 Å². The Labute approximate surface area is 171 Å². The topological polar surface area (TPSA) is 69.7 Å². The number of terminal acetylenes is 1. The first-order valence-corrected chi connectivity index (χ1v) is 9.93. The van der Waals surface area contributed by atoms with E-state index in [1.54, 1.807) is 50.3 Å². The second kappa shape index (κ2) is 7.22.